The number of carbonyl (C=O) groups is 4. The zero-order valence-electron chi connectivity index (χ0n) is 20.6. The van der Waals surface area contributed by atoms with Crippen LogP contribution in [0.15, 0.2) is 48.5 Å². The monoisotopic (exact) mass is 546 g/mol. The number of benzene rings is 2. The molecule has 4 rings (SSSR count). The van der Waals surface area contributed by atoms with E-state index in [1.54, 1.807) is 0 Å². The number of nitrogens with two attached hydrogens (primary N) is 1. The summed E-state index contributed by atoms with van der Waals surface area (Å²) < 4.78 is 25.3. The second kappa shape index (κ2) is 11.8. The average Bonchev–Trinajstić information content (AvgIpc) is 3.45. The van der Waals surface area contributed by atoms with Gasteiger partial charge in [-0.25, -0.2) is 4.39 Å². The minimum Gasteiger partial charge on any atom is -0.433 e. The maximum Gasteiger partial charge on any atom is 0.310 e. The zero-order chi connectivity index (χ0) is 27.4. The van der Waals surface area contributed by atoms with E-state index in [0.29, 0.717) is 5.69 Å². The number of rotatable bonds is 8. The second-order valence-electron chi connectivity index (χ2n) is 9.24. The lowest BCUT2D eigenvalue weighted by Gasteiger charge is -2.28. The summed E-state index contributed by atoms with van der Waals surface area (Å²) in [5, 5.41) is 5.41. The summed E-state index contributed by atoms with van der Waals surface area (Å²) in [6, 6.07) is 10.5. The average molecular weight is 547 g/mol. The van der Waals surface area contributed by atoms with Crippen molar-refractivity contribution < 1.29 is 33.0 Å². The lowest BCUT2D eigenvalue weighted by Crippen LogP contribution is -2.54. The molecule has 0 spiro atoms. The predicted octanol–water partition coefficient (Wildman–Crippen LogP) is 1.95. The normalized spacial score (nSPS) is 23.6. The molecule has 202 valence electrons. The highest BCUT2D eigenvalue weighted by molar-refractivity contribution is 6.33. The van der Waals surface area contributed by atoms with Gasteiger partial charge in [0.05, 0.1) is 30.3 Å². The van der Waals surface area contributed by atoms with Crippen molar-refractivity contribution in [3.8, 4) is 0 Å². The van der Waals surface area contributed by atoms with Crippen molar-refractivity contribution >= 4 is 41.0 Å². The van der Waals surface area contributed by atoms with Crippen LogP contribution in [0.25, 0.3) is 0 Å². The first kappa shape index (κ1) is 27.3. The van der Waals surface area contributed by atoms with E-state index in [9.17, 15) is 23.6 Å². The number of carbonyl (C=O) groups excluding carboxylic acids is 4. The summed E-state index contributed by atoms with van der Waals surface area (Å²) in [6.07, 6.45) is -2.80. The van der Waals surface area contributed by atoms with Gasteiger partial charge in [0.25, 0.3) is 5.91 Å². The van der Waals surface area contributed by atoms with Crippen molar-refractivity contribution in [3.63, 3.8) is 0 Å². The fourth-order valence-electron chi connectivity index (χ4n) is 4.37. The molecule has 3 amide bonds. The van der Waals surface area contributed by atoms with Crippen molar-refractivity contribution in [1.82, 2.24) is 15.5 Å². The third-order valence-corrected chi connectivity index (χ3v) is 6.69. The molecule has 12 heteroatoms. The Kier molecular flexibility index (Phi) is 8.48. The van der Waals surface area contributed by atoms with Crippen molar-refractivity contribution in [2.24, 2.45) is 0 Å². The van der Waals surface area contributed by atoms with Crippen molar-refractivity contribution in [1.29, 1.82) is 0 Å². The maximum absolute atomic E-state index is 14.4. The highest BCUT2D eigenvalue weighted by Crippen LogP contribution is 2.24. The SMILES string of the molecule is CC(NC(=O)c1ccc(N)c(Cl)c1)C(=O)N1CC(F)CC1C(=O)NC1CC(=O)OC1OCc1ccccc1. The van der Waals surface area contributed by atoms with E-state index in [0.717, 1.165) is 10.5 Å². The summed E-state index contributed by atoms with van der Waals surface area (Å²) in [5.41, 5.74) is 7.01. The highest BCUT2D eigenvalue weighted by Gasteiger charge is 2.44. The van der Waals surface area contributed by atoms with Crippen LogP contribution >= 0.6 is 11.6 Å². The molecule has 5 unspecified atom stereocenters. The van der Waals surface area contributed by atoms with E-state index < -0.39 is 54.3 Å². The van der Waals surface area contributed by atoms with Crippen LogP contribution in [-0.4, -0.2) is 65.7 Å². The Morgan fingerprint density at radius 1 is 1.24 bits per heavy atom. The van der Waals surface area contributed by atoms with E-state index in [2.05, 4.69) is 10.6 Å². The molecule has 0 aliphatic carbocycles. The lowest BCUT2D eigenvalue weighted by molar-refractivity contribution is -0.168. The fraction of sp³-hybridized carbons (Fsp3) is 0.385. The first-order valence-electron chi connectivity index (χ1n) is 12.1. The van der Waals surface area contributed by atoms with E-state index in [4.69, 9.17) is 26.8 Å². The number of cyclic esters (lactones) is 1. The molecular formula is C26H28ClFN4O6. The van der Waals surface area contributed by atoms with E-state index >= 15 is 0 Å². The molecule has 0 aromatic heterocycles. The summed E-state index contributed by atoms with van der Waals surface area (Å²) in [7, 11) is 0. The molecule has 10 nitrogen and oxygen atoms in total. The zero-order valence-corrected chi connectivity index (χ0v) is 21.3. The number of halogens is 2. The molecule has 2 aromatic rings. The summed E-state index contributed by atoms with van der Waals surface area (Å²) >= 11 is 5.97. The number of alkyl halides is 1. The van der Waals surface area contributed by atoms with E-state index in [1.165, 1.54) is 25.1 Å². The predicted molar refractivity (Wildman–Crippen MR) is 135 cm³/mol. The van der Waals surface area contributed by atoms with Gasteiger partial charge in [-0.05, 0) is 30.7 Å². The van der Waals surface area contributed by atoms with Gasteiger partial charge in [0.15, 0.2) is 0 Å². The Morgan fingerprint density at radius 2 is 1.97 bits per heavy atom. The van der Waals surface area contributed by atoms with Gasteiger partial charge < -0.3 is 30.7 Å². The third kappa shape index (κ3) is 6.40. The van der Waals surface area contributed by atoms with Crippen LogP contribution in [0.5, 0.6) is 0 Å². The van der Waals surface area contributed by atoms with Crippen LogP contribution in [0.2, 0.25) is 5.02 Å². The number of hydrogen-bond donors (Lipinski definition) is 3. The number of anilines is 1. The summed E-state index contributed by atoms with van der Waals surface area (Å²) in [4.78, 5) is 51.8. The Balaban J connectivity index is 1.37. The Hall–Kier alpha value is -3.70. The van der Waals surface area contributed by atoms with E-state index in [1.807, 2.05) is 30.3 Å². The lowest BCUT2D eigenvalue weighted by atomic mass is 10.1. The number of hydrogen-bond acceptors (Lipinski definition) is 7. The molecule has 2 saturated heterocycles. The van der Waals surface area contributed by atoms with Crippen LogP contribution in [0.4, 0.5) is 10.1 Å². The largest absolute Gasteiger partial charge is 0.433 e. The maximum atomic E-state index is 14.4. The standard InChI is InChI=1S/C26H28ClFN4O6/c1-14(30-23(34)16-7-8-19(29)18(27)9-16)25(36)32-12-17(28)10-21(32)24(35)31-20-11-22(33)38-26(20)37-13-15-5-3-2-4-6-15/h2-9,14,17,20-21,26H,10-13,29H2,1H3,(H,30,34)(H,31,35). The third-order valence-electron chi connectivity index (χ3n) is 6.36. The summed E-state index contributed by atoms with van der Waals surface area (Å²) in [5.74, 6) is -2.39. The van der Waals surface area contributed by atoms with Crippen LogP contribution < -0.4 is 16.4 Å². The Morgan fingerprint density at radius 3 is 2.68 bits per heavy atom. The van der Waals surface area contributed by atoms with Crippen LogP contribution in [-0.2, 0) is 30.5 Å². The Labute approximate surface area is 223 Å². The number of nitrogens with one attached hydrogen (secondary N) is 2. The van der Waals surface area contributed by atoms with Crippen LogP contribution in [0, 0.1) is 0 Å². The molecule has 0 radical (unpaired) electrons. The number of nitrogen functional groups attached to an aromatic ring is 1. The quantitative estimate of drug-likeness (QED) is 0.339. The molecule has 0 saturated carbocycles. The van der Waals surface area contributed by atoms with Crippen LogP contribution in [0.3, 0.4) is 0 Å². The van der Waals surface area contributed by atoms with Crippen LogP contribution in [0.1, 0.15) is 35.7 Å². The van der Waals surface area contributed by atoms with Gasteiger partial charge in [0.1, 0.15) is 24.3 Å². The smallest absolute Gasteiger partial charge is 0.310 e. The first-order valence-corrected chi connectivity index (χ1v) is 12.5. The number of ether oxygens (including phenoxy) is 2. The molecule has 2 fully saturated rings. The molecule has 2 aliphatic heterocycles. The van der Waals surface area contributed by atoms with Gasteiger partial charge in [0.2, 0.25) is 18.1 Å². The molecule has 2 heterocycles. The number of nitrogens with zero attached hydrogens (tertiary/aromatic N) is 1. The molecule has 2 aliphatic rings. The summed E-state index contributed by atoms with van der Waals surface area (Å²) in [6.45, 7) is 1.29. The van der Waals surface area contributed by atoms with Gasteiger partial charge in [0, 0.05) is 12.0 Å². The number of likely N-dealkylation sites (tertiary alicyclic amines) is 1. The molecule has 38 heavy (non-hydrogen) atoms. The molecule has 2 aromatic carbocycles. The fourth-order valence-corrected chi connectivity index (χ4v) is 4.55. The van der Waals surface area contributed by atoms with Gasteiger partial charge in [-0.3, -0.25) is 19.2 Å². The molecule has 5 atom stereocenters. The second-order valence-corrected chi connectivity index (χ2v) is 9.65. The number of amides is 3. The van der Waals surface area contributed by atoms with Gasteiger partial charge in [-0.15, -0.1) is 0 Å². The van der Waals surface area contributed by atoms with Gasteiger partial charge >= 0.3 is 5.97 Å². The van der Waals surface area contributed by atoms with Gasteiger partial charge in [-0.2, -0.15) is 0 Å². The number of esters is 1. The minimum atomic E-state index is -1.43. The minimum absolute atomic E-state index is 0.123. The topological polar surface area (TPSA) is 140 Å². The van der Waals surface area contributed by atoms with Crippen molar-refractivity contribution in [3.05, 3.63) is 64.7 Å². The Bertz CT molecular complexity index is 1220. The molecular weight excluding hydrogens is 519 g/mol. The van der Waals surface area contributed by atoms with Crippen molar-refractivity contribution in [2.45, 2.75) is 57.0 Å². The highest BCUT2D eigenvalue weighted by atomic mass is 35.5. The molecule has 4 N–H and O–H groups in total. The van der Waals surface area contributed by atoms with E-state index in [-0.39, 0.29) is 36.6 Å². The van der Waals surface area contributed by atoms with Crippen molar-refractivity contribution in [2.75, 3.05) is 12.3 Å². The molecule has 0 bridgehead atoms. The first-order chi connectivity index (χ1) is 18.1. The van der Waals surface area contributed by atoms with Gasteiger partial charge in [-0.1, -0.05) is 41.9 Å².